The molecule has 8 heteroatoms. The molecule has 1 aliphatic rings. The maximum Gasteiger partial charge on any atom is 0.410 e. The SMILES string of the molecule is COC(=O)[C@@H](NC(=O)[C@@H]1CCCN1C(=O)OC(C)(C)C)C(C)(C)S. The van der Waals surface area contributed by atoms with E-state index in [9.17, 15) is 14.4 Å². The summed E-state index contributed by atoms with van der Waals surface area (Å²) in [6.07, 6.45) is 0.691. The van der Waals surface area contributed by atoms with Gasteiger partial charge in [0.25, 0.3) is 0 Å². The molecule has 0 aromatic heterocycles. The largest absolute Gasteiger partial charge is 0.467 e. The Balaban J connectivity index is 2.85. The third-order valence-corrected chi connectivity index (χ3v) is 3.87. The standard InChI is InChI=1S/C16H28N2O5S/c1-15(2,3)23-14(21)18-9-7-8-10(18)12(19)17-11(13(20)22-6)16(4,5)24/h10-11,24H,7-9H2,1-6H3,(H,17,19)/t10-,11+/m0/s1. The first-order valence-electron chi connectivity index (χ1n) is 7.97. The molecule has 0 aromatic carbocycles. The molecule has 0 bridgehead atoms. The minimum Gasteiger partial charge on any atom is -0.467 e. The fourth-order valence-electron chi connectivity index (χ4n) is 2.46. The molecule has 0 radical (unpaired) electrons. The van der Waals surface area contributed by atoms with Gasteiger partial charge in [-0.3, -0.25) is 9.69 Å². The second-order valence-corrected chi connectivity index (χ2v) is 8.60. The first-order chi connectivity index (χ1) is 10.9. The predicted molar refractivity (Wildman–Crippen MR) is 93.0 cm³/mol. The normalized spacial score (nSPS) is 19.6. The summed E-state index contributed by atoms with van der Waals surface area (Å²) in [4.78, 5) is 38.2. The van der Waals surface area contributed by atoms with Crippen molar-refractivity contribution in [3.05, 3.63) is 0 Å². The Labute approximate surface area is 148 Å². The van der Waals surface area contributed by atoms with E-state index < -0.39 is 40.4 Å². The zero-order chi connectivity index (χ0) is 18.7. The molecule has 1 N–H and O–H groups in total. The summed E-state index contributed by atoms with van der Waals surface area (Å²) in [6.45, 7) is 9.17. The van der Waals surface area contributed by atoms with Crippen molar-refractivity contribution in [1.82, 2.24) is 10.2 Å². The number of rotatable bonds is 4. The molecular formula is C16H28N2O5S. The van der Waals surface area contributed by atoms with Crippen molar-refractivity contribution in [3.8, 4) is 0 Å². The van der Waals surface area contributed by atoms with Crippen molar-refractivity contribution in [3.63, 3.8) is 0 Å². The molecule has 1 heterocycles. The molecule has 0 saturated carbocycles. The van der Waals surface area contributed by atoms with Gasteiger partial charge in [-0.25, -0.2) is 9.59 Å². The molecule has 0 unspecified atom stereocenters. The van der Waals surface area contributed by atoms with Gasteiger partial charge in [-0.1, -0.05) is 0 Å². The molecule has 0 aromatic rings. The van der Waals surface area contributed by atoms with Crippen molar-refractivity contribution in [2.75, 3.05) is 13.7 Å². The molecule has 1 fully saturated rings. The van der Waals surface area contributed by atoms with Crippen LogP contribution in [0.25, 0.3) is 0 Å². The van der Waals surface area contributed by atoms with Crippen molar-refractivity contribution < 1.29 is 23.9 Å². The molecule has 1 aliphatic heterocycles. The van der Waals surface area contributed by atoms with E-state index in [-0.39, 0.29) is 0 Å². The summed E-state index contributed by atoms with van der Waals surface area (Å²) in [6, 6.07) is -1.58. The van der Waals surface area contributed by atoms with Crippen LogP contribution in [0.1, 0.15) is 47.5 Å². The highest BCUT2D eigenvalue weighted by Gasteiger charge is 2.41. The lowest BCUT2D eigenvalue weighted by Gasteiger charge is -2.31. The van der Waals surface area contributed by atoms with Crippen LogP contribution in [-0.4, -0.2) is 59.0 Å². The molecule has 1 saturated heterocycles. The van der Waals surface area contributed by atoms with Crippen LogP contribution in [-0.2, 0) is 19.1 Å². The zero-order valence-electron chi connectivity index (χ0n) is 15.2. The number of methoxy groups -OCH3 is 1. The van der Waals surface area contributed by atoms with Crippen LogP contribution >= 0.6 is 12.6 Å². The van der Waals surface area contributed by atoms with Crippen molar-refractivity contribution in [2.45, 2.75) is 69.9 Å². The number of amides is 2. The van der Waals surface area contributed by atoms with E-state index in [1.54, 1.807) is 34.6 Å². The molecule has 1 rings (SSSR count). The number of ether oxygens (including phenoxy) is 2. The fourth-order valence-corrected chi connectivity index (χ4v) is 2.63. The molecular weight excluding hydrogens is 332 g/mol. The number of thiol groups is 1. The summed E-state index contributed by atoms with van der Waals surface area (Å²) < 4.78 is 9.27. The lowest BCUT2D eigenvalue weighted by molar-refractivity contribution is -0.146. The van der Waals surface area contributed by atoms with E-state index in [1.165, 1.54) is 12.0 Å². The smallest absolute Gasteiger partial charge is 0.410 e. The lowest BCUT2D eigenvalue weighted by atomic mass is 10.0. The number of likely N-dealkylation sites (tertiary alicyclic amines) is 1. The van der Waals surface area contributed by atoms with Gasteiger partial charge in [-0.15, -0.1) is 0 Å². The highest BCUT2D eigenvalue weighted by Crippen LogP contribution is 2.23. The highest BCUT2D eigenvalue weighted by atomic mass is 32.1. The van der Waals surface area contributed by atoms with E-state index in [2.05, 4.69) is 17.9 Å². The molecule has 2 atom stereocenters. The van der Waals surface area contributed by atoms with E-state index in [1.807, 2.05) is 0 Å². The Morgan fingerprint density at radius 2 is 1.79 bits per heavy atom. The lowest BCUT2D eigenvalue weighted by Crippen LogP contribution is -2.57. The monoisotopic (exact) mass is 360 g/mol. The molecule has 24 heavy (non-hydrogen) atoms. The molecule has 2 amide bonds. The van der Waals surface area contributed by atoms with Crippen molar-refractivity contribution >= 4 is 30.6 Å². The van der Waals surface area contributed by atoms with Crippen LogP contribution in [0.4, 0.5) is 4.79 Å². The van der Waals surface area contributed by atoms with E-state index in [0.29, 0.717) is 19.4 Å². The van der Waals surface area contributed by atoms with Gasteiger partial charge in [0.15, 0.2) is 0 Å². The second kappa shape index (κ2) is 7.63. The maximum absolute atomic E-state index is 12.6. The average Bonchev–Trinajstić information content (AvgIpc) is 2.90. The summed E-state index contributed by atoms with van der Waals surface area (Å²) in [5.41, 5.74) is -0.637. The number of hydrogen-bond acceptors (Lipinski definition) is 6. The van der Waals surface area contributed by atoms with Crippen LogP contribution in [0, 0.1) is 0 Å². The number of nitrogens with zero attached hydrogens (tertiary/aromatic N) is 1. The van der Waals surface area contributed by atoms with E-state index in [4.69, 9.17) is 9.47 Å². The van der Waals surface area contributed by atoms with Crippen molar-refractivity contribution in [2.24, 2.45) is 0 Å². The summed E-state index contributed by atoms with van der Waals surface area (Å²) in [5, 5.41) is 2.66. The fraction of sp³-hybridized carbons (Fsp3) is 0.812. The Hall–Kier alpha value is -1.44. The topological polar surface area (TPSA) is 84.9 Å². The first kappa shape index (κ1) is 20.6. The summed E-state index contributed by atoms with van der Waals surface area (Å²) in [7, 11) is 1.25. The average molecular weight is 360 g/mol. The number of carbonyl (C=O) groups excluding carboxylic acids is 3. The van der Waals surface area contributed by atoms with Crippen LogP contribution < -0.4 is 5.32 Å². The van der Waals surface area contributed by atoms with Crippen LogP contribution in [0.3, 0.4) is 0 Å². The number of esters is 1. The summed E-state index contributed by atoms with van der Waals surface area (Å²) >= 11 is 4.36. The van der Waals surface area contributed by atoms with Gasteiger partial charge in [0, 0.05) is 11.3 Å². The van der Waals surface area contributed by atoms with E-state index in [0.717, 1.165) is 0 Å². The third kappa shape index (κ3) is 5.58. The quantitative estimate of drug-likeness (QED) is 0.589. The van der Waals surface area contributed by atoms with Gasteiger partial charge in [0.1, 0.15) is 17.7 Å². The Morgan fingerprint density at radius 3 is 2.25 bits per heavy atom. The first-order valence-corrected chi connectivity index (χ1v) is 8.41. The molecule has 0 spiro atoms. The minimum atomic E-state index is -0.917. The molecule has 138 valence electrons. The maximum atomic E-state index is 12.6. The van der Waals surface area contributed by atoms with Crippen LogP contribution in [0.5, 0.6) is 0 Å². The molecule has 0 aliphatic carbocycles. The van der Waals surface area contributed by atoms with Gasteiger partial charge in [0.05, 0.1) is 7.11 Å². The van der Waals surface area contributed by atoms with Crippen LogP contribution in [0.15, 0.2) is 0 Å². The van der Waals surface area contributed by atoms with Gasteiger partial charge in [-0.05, 0) is 47.5 Å². The molecule has 7 nitrogen and oxygen atoms in total. The van der Waals surface area contributed by atoms with Crippen molar-refractivity contribution in [1.29, 1.82) is 0 Å². The van der Waals surface area contributed by atoms with Crippen LogP contribution in [0.2, 0.25) is 0 Å². The predicted octanol–water partition coefficient (Wildman–Crippen LogP) is 1.75. The number of carbonyl (C=O) groups is 3. The summed E-state index contributed by atoms with van der Waals surface area (Å²) in [5.74, 6) is -0.985. The van der Waals surface area contributed by atoms with Gasteiger partial charge >= 0.3 is 12.1 Å². The Kier molecular flexibility index (Phi) is 6.55. The number of nitrogens with one attached hydrogen (secondary N) is 1. The van der Waals surface area contributed by atoms with Gasteiger partial charge < -0.3 is 14.8 Å². The van der Waals surface area contributed by atoms with Gasteiger partial charge in [-0.2, -0.15) is 12.6 Å². The Morgan fingerprint density at radius 1 is 1.21 bits per heavy atom. The van der Waals surface area contributed by atoms with E-state index >= 15 is 0 Å². The minimum absolute atomic E-state index is 0.407. The number of hydrogen-bond donors (Lipinski definition) is 2. The zero-order valence-corrected chi connectivity index (χ0v) is 16.1. The third-order valence-electron chi connectivity index (χ3n) is 3.61. The highest BCUT2D eigenvalue weighted by molar-refractivity contribution is 7.81. The van der Waals surface area contributed by atoms with Gasteiger partial charge in [0.2, 0.25) is 5.91 Å². The second-order valence-electron chi connectivity index (χ2n) is 7.45. The Bertz CT molecular complexity index is 496.